The summed E-state index contributed by atoms with van der Waals surface area (Å²) in [4.78, 5) is 32.4. The zero-order valence-corrected chi connectivity index (χ0v) is 13.8. The Labute approximate surface area is 138 Å². The molecule has 0 fully saturated rings. The molecule has 24 heavy (non-hydrogen) atoms. The van der Waals surface area contributed by atoms with E-state index in [1.165, 1.54) is 0 Å². The Morgan fingerprint density at radius 3 is 2.12 bits per heavy atom. The van der Waals surface area contributed by atoms with Crippen molar-refractivity contribution in [2.45, 2.75) is 11.3 Å². The SMILES string of the molecule is COC(=O)CCN(CC(=O)OC)S(=O)(=O)c1ccc([N+](=O)[O-])cc1. The zero-order chi connectivity index (χ0) is 18.3. The van der Waals surface area contributed by atoms with Gasteiger partial charge in [-0.1, -0.05) is 0 Å². The van der Waals surface area contributed by atoms with Gasteiger partial charge in [-0.3, -0.25) is 19.7 Å². The highest BCUT2D eigenvalue weighted by atomic mass is 32.2. The monoisotopic (exact) mass is 360 g/mol. The summed E-state index contributed by atoms with van der Waals surface area (Å²) in [6.45, 7) is -0.909. The molecule has 0 aromatic heterocycles. The van der Waals surface area contributed by atoms with Crippen LogP contribution in [0.1, 0.15) is 6.42 Å². The highest BCUT2D eigenvalue weighted by molar-refractivity contribution is 7.89. The maximum Gasteiger partial charge on any atom is 0.321 e. The second kappa shape index (κ2) is 8.36. The Bertz CT molecular complexity index is 714. The van der Waals surface area contributed by atoms with Gasteiger partial charge >= 0.3 is 11.9 Å². The molecule has 0 spiro atoms. The summed E-state index contributed by atoms with van der Waals surface area (Å²) in [5.74, 6) is -1.46. The van der Waals surface area contributed by atoms with Gasteiger partial charge in [0.2, 0.25) is 10.0 Å². The highest BCUT2D eigenvalue weighted by Crippen LogP contribution is 2.20. The number of carbonyl (C=O) groups is 2. The molecule has 0 heterocycles. The van der Waals surface area contributed by atoms with E-state index in [9.17, 15) is 28.1 Å². The largest absolute Gasteiger partial charge is 0.469 e. The summed E-state index contributed by atoms with van der Waals surface area (Å²) < 4.78 is 34.8. The first kappa shape index (κ1) is 19.5. The Balaban J connectivity index is 3.09. The van der Waals surface area contributed by atoms with Crippen LogP contribution < -0.4 is 0 Å². The number of nitrogens with zero attached hydrogens (tertiary/aromatic N) is 2. The number of rotatable bonds is 8. The number of sulfonamides is 1. The van der Waals surface area contributed by atoms with Gasteiger partial charge < -0.3 is 9.47 Å². The fraction of sp³-hybridized carbons (Fsp3) is 0.385. The zero-order valence-electron chi connectivity index (χ0n) is 13.0. The predicted octanol–water partition coefficient (Wildman–Crippen LogP) is 0.322. The number of methoxy groups -OCH3 is 2. The average molecular weight is 360 g/mol. The average Bonchev–Trinajstić information content (AvgIpc) is 2.57. The van der Waals surface area contributed by atoms with Gasteiger partial charge in [-0.05, 0) is 12.1 Å². The minimum Gasteiger partial charge on any atom is -0.469 e. The molecule has 1 aromatic carbocycles. The number of benzene rings is 1. The first-order valence-electron chi connectivity index (χ1n) is 6.60. The lowest BCUT2D eigenvalue weighted by Gasteiger charge is -2.20. The van der Waals surface area contributed by atoms with E-state index in [2.05, 4.69) is 9.47 Å². The van der Waals surface area contributed by atoms with Crippen molar-refractivity contribution in [3.05, 3.63) is 34.4 Å². The Hall–Kier alpha value is -2.53. The maximum atomic E-state index is 12.6. The summed E-state index contributed by atoms with van der Waals surface area (Å²) in [5, 5.41) is 10.6. The lowest BCUT2D eigenvalue weighted by atomic mass is 10.3. The second-order valence-corrected chi connectivity index (χ2v) is 6.43. The standard InChI is InChI=1S/C13H16N2O8S/c1-22-12(16)7-8-14(9-13(17)23-2)24(20,21)11-5-3-10(4-6-11)15(18)19/h3-6H,7-9H2,1-2H3. The quantitative estimate of drug-likeness (QED) is 0.368. The minimum absolute atomic E-state index is 0.248. The van der Waals surface area contributed by atoms with Gasteiger partial charge in [0.25, 0.3) is 5.69 Å². The van der Waals surface area contributed by atoms with Gasteiger partial charge in [0.05, 0.1) is 30.5 Å². The Morgan fingerprint density at radius 2 is 1.67 bits per heavy atom. The number of hydrogen-bond acceptors (Lipinski definition) is 8. The first-order chi connectivity index (χ1) is 11.2. The highest BCUT2D eigenvalue weighted by Gasteiger charge is 2.28. The van der Waals surface area contributed by atoms with Crippen molar-refractivity contribution in [2.75, 3.05) is 27.3 Å². The van der Waals surface area contributed by atoms with Crippen LogP contribution in [0, 0.1) is 10.1 Å². The molecule has 0 saturated carbocycles. The van der Waals surface area contributed by atoms with Gasteiger partial charge in [-0.2, -0.15) is 4.31 Å². The normalized spacial score (nSPS) is 11.1. The van der Waals surface area contributed by atoms with Gasteiger partial charge in [0, 0.05) is 18.7 Å². The summed E-state index contributed by atoms with van der Waals surface area (Å²) in [5.41, 5.74) is -0.275. The predicted molar refractivity (Wildman–Crippen MR) is 80.5 cm³/mol. The molecule has 0 aliphatic carbocycles. The smallest absolute Gasteiger partial charge is 0.321 e. The number of ether oxygens (including phenoxy) is 2. The van der Waals surface area contributed by atoms with Crippen LogP contribution in [-0.2, 0) is 29.1 Å². The van der Waals surface area contributed by atoms with Crippen LogP contribution in [0.2, 0.25) is 0 Å². The van der Waals surface area contributed by atoms with Crippen LogP contribution in [0.3, 0.4) is 0 Å². The van der Waals surface area contributed by atoms with Crippen LogP contribution >= 0.6 is 0 Å². The molecule has 11 heteroatoms. The number of non-ortho nitro benzene ring substituents is 1. The number of nitro groups is 1. The first-order valence-corrected chi connectivity index (χ1v) is 8.04. The summed E-state index contributed by atoms with van der Waals surface area (Å²) in [6.07, 6.45) is -0.264. The van der Waals surface area contributed by atoms with Crippen LogP contribution in [0.15, 0.2) is 29.2 Å². The van der Waals surface area contributed by atoms with Crippen molar-refractivity contribution in [3.8, 4) is 0 Å². The van der Waals surface area contributed by atoms with Crippen molar-refractivity contribution in [1.82, 2.24) is 4.31 Å². The van der Waals surface area contributed by atoms with E-state index >= 15 is 0 Å². The maximum absolute atomic E-state index is 12.6. The molecule has 0 bridgehead atoms. The van der Waals surface area contributed by atoms with E-state index in [1.807, 2.05) is 0 Å². The molecule has 0 aliphatic rings. The van der Waals surface area contributed by atoms with Crippen molar-refractivity contribution in [1.29, 1.82) is 0 Å². The fourth-order valence-corrected chi connectivity index (χ4v) is 3.08. The van der Waals surface area contributed by atoms with Gasteiger partial charge in [-0.15, -0.1) is 0 Å². The Morgan fingerprint density at radius 1 is 1.12 bits per heavy atom. The summed E-state index contributed by atoms with van der Waals surface area (Å²) in [7, 11) is -1.90. The van der Waals surface area contributed by atoms with Gasteiger partial charge in [-0.25, -0.2) is 8.42 Å². The Kier molecular flexibility index (Phi) is 6.80. The van der Waals surface area contributed by atoms with E-state index in [0.29, 0.717) is 0 Å². The topological polar surface area (TPSA) is 133 Å². The molecule has 0 saturated heterocycles. The second-order valence-electron chi connectivity index (χ2n) is 4.49. The molecule has 1 rings (SSSR count). The van der Waals surface area contributed by atoms with Gasteiger partial charge in [0.1, 0.15) is 6.54 Å². The van der Waals surface area contributed by atoms with E-state index in [4.69, 9.17) is 0 Å². The number of hydrogen-bond donors (Lipinski definition) is 0. The molecule has 0 atom stereocenters. The van der Waals surface area contributed by atoms with Crippen molar-refractivity contribution < 1.29 is 32.4 Å². The third-order valence-electron chi connectivity index (χ3n) is 3.01. The van der Waals surface area contributed by atoms with Crippen molar-refractivity contribution in [3.63, 3.8) is 0 Å². The molecule has 0 unspecified atom stereocenters. The van der Waals surface area contributed by atoms with Gasteiger partial charge in [0.15, 0.2) is 0 Å². The summed E-state index contributed by atoms with van der Waals surface area (Å²) in [6, 6.07) is 4.17. The molecular formula is C13H16N2O8S. The molecule has 0 amide bonds. The van der Waals surface area contributed by atoms with E-state index in [1.54, 1.807) is 0 Å². The van der Waals surface area contributed by atoms with Crippen molar-refractivity contribution in [2.24, 2.45) is 0 Å². The van der Waals surface area contributed by atoms with Crippen LogP contribution in [-0.4, -0.2) is 56.9 Å². The summed E-state index contributed by atoms with van der Waals surface area (Å²) >= 11 is 0. The lowest BCUT2D eigenvalue weighted by molar-refractivity contribution is -0.384. The number of nitro benzene ring substituents is 1. The van der Waals surface area contributed by atoms with Crippen LogP contribution in [0.4, 0.5) is 5.69 Å². The molecule has 0 N–H and O–H groups in total. The van der Waals surface area contributed by atoms with E-state index in [-0.39, 0.29) is 23.5 Å². The lowest BCUT2D eigenvalue weighted by Crippen LogP contribution is -2.37. The molecule has 0 radical (unpaired) electrons. The van der Waals surface area contributed by atoms with Crippen molar-refractivity contribution >= 4 is 27.6 Å². The fourth-order valence-electron chi connectivity index (χ4n) is 1.70. The molecule has 0 aliphatic heterocycles. The third kappa shape index (κ3) is 4.99. The van der Waals surface area contributed by atoms with E-state index in [0.717, 1.165) is 42.8 Å². The van der Waals surface area contributed by atoms with Crippen LogP contribution in [0.25, 0.3) is 0 Å². The number of esters is 2. The number of carbonyl (C=O) groups excluding carboxylic acids is 2. The molecule has 1 aromatic rings. The molecule has 132 valence electrons. The van der Waals surface area contributed by atoms with Crippen LogP contribution in [0.5, 0.6) is 0 Å². The van der Waals surface area contributed by atoms with E-state index < -0.39 is 33.4 Å². The minimum atomic E-state index is -4.15. The molecular weight excluding hydrogens is 344 g/mol. The molecule has 10 nitrogen and oxygen atoms in total. The third-order valence-corrected chi connectivity index (χ3v) is 4.87.